The average molecular weight is 373 g/mol. The van der Waals surface area contributed by atoms with Crippen molar-refractivity contribution >= 4 is 12.2 Å². The van der Waals surface area contributed by atoms with Gasteiger partial charge >= 0.3 is 12.2 Å². The Morgan fingerprint density at radius 1 is 0.926 bits per heavy atom. The Kier molecular flexibility index (Phi) is 8.12. The molecule has 27 heavy (non-hydrogen) atoms. The van der Waals surface area contributed by atoms with Crippen LogP contribution in [0.2, 0.25) is 0 Å². The van der Waals surface area contributed by atoms with Crippen LogP contribution >= 0.6 is 0 Å². The molecule has 0 bridgehead atoms. The minimum Gasteiger partial charge on any atom is -0.442 e. The summed E-state index contributed by atoms with van der Waals surface area (Å²) in [5.74, 6) is 0. The van der Waals surface area contributed by atoms with Crippen LogP contribution in [-0.4, -0.2) is 35.1 Å². The number of carbonyl (C=O) groups excluding carboxylic acids is 2. The first-order chi connectivity index (χ1) is 13.1. The number of hydrogen-bond donors (Lipinski definition) is 1. The first kappa shape index (κ1) is 20.3. The van der Waals surface area contributed by atoms with Gasteiger partial charge in [-0.05, 0) is 24.5 Å². The second kappa shape index (κ2) is 10.8. The zero-order chi connectivity index (χ0) is 19.5. The largest absolute Gasteiger partial charge is 0.533 e. The molecule has 7 nitrogen and oxygen atoms in total. The van der Waals surface area contributed by atoms with Gasteiger partial charge in [0.1, 0.15) is 13.2 Å². The molecule has 0 saturated heterocycles. The lowest BCUT2D eigenvalue weighted by molar-refractivity contribution is -0.136. The number of aliphatic hydroxyl groups excluding tert-OH is 1. The second-order valence-electron chi connectivity index (χ2n) is 5.84. The summed E-state index contributed by atoms with van der Waals surface area (Å²) in [6.07, 6.45) is -1.65. The van der Waals surface area contributed by atoms with E-state index in [1.807, 2.05) is 48.5 Å². The van der Waals surface area contributed by atoms with Crippen LogP contribution in [0.5, 0.6) is 0 Å². The van der Waals surface area contributed by atoms with E-state index >= 15 is 0 Å². The van der Waals surface area contributed by atoms with E-state index in [0.29, 0.717) is 0 Å². The molecule has 0 radical (unpaired) electrons. The Balaban J connectivity index is 1.91. The van der Waals surface area contributed by atoms with Gasteiger partial charge in [0.2, 0.25) is 0 Å². The van der Waals surface area contributed by atoms with Crippen LogP contribution in [0, 0.1) is 0 Å². The smallest absolute Gasteiger partial charge is 0.442 e. The lowest BCUT2D eigenvalue weighted by Gasteiger charge is -2.25. The second-order valence-corrected chi connectivity index (χ2v) is 5.84. The number of carbonyl (C=O) groups is 2. The molecule has 7 heteroatoms. The van der Waals surface area contributed by atoms with E-state index in [4.69, 9.17) is 19.4 Å². The van der Waals surface area contributed by atoms with Crippen molar-refractivity contribution in [1.82, 2.24) is 5.06 Å². The standard InChI is InChI=1S/C20H23NO6/c1-16(12-13-22)21(19(23)25-14-17-8-4-2-5-9-17)27-20(24)26-15-18-10-6-3-7-11-18/h2-11,16,22H,12-15H2,1H3/t16-/m0/s1. The van der Waals surface area contributed by atoms with E-state index in [1.54, 1.807) is 19.1 Å². The first-order valence-corrected chi connectivity index (χ1v) is 8.59. The number of benzene rings is 2. The summed E-state index contributed by atoms with van der Waals surface area (Å²) in [6, 6.07) is 17.6. The Hall–Kier alpha value is -3.06. The molecular weight excluding hydrogens is 350 g/mol. The third-order valence-corrected chi connectivity index (χ3v) is 3.70. The fourth-order valence-electron chi connectivity index (χ4n) is 2.22. The van der Waals surface area contributed by atoms with Crippen LogP contribution in [0.3, 0.4) is 0 Å². The SMILES string of the molecule is C[C@@H](CCO)N(OC(=O)OCc1ccccc1)C(=O)OCc1ccccc1. The molecule has 0 aliphatic heterocycles. The fraction of sp³-hybridized carbons (Fsp3) is 0.300. The maximum absolute atomic E-state index is 12.3. The van der Waals surface area contributed by atoms with Crippen LogP contribution in [-0.2, 0) is 27.5 Å². The maximum Gasteiger partial charge on any atom is 0.533 e. The highest BCUT2D eigenvalue weighted by Gasteiger charge is 2.27. The number of amides is 1. The molecule has 144 valence electrons. The molecule has 0 saturated carbocycles. The third-order valence-electron chi connectivity index (χ3n) is 3.70. The highest BCUT2D eigenvalue weighted by atomic mass is 16.8. The Labute approximate surface area is 158 Å². The molecule has 1 amide bonds. The van der Waals surface area contributed by atoms with Gasteiger partial charge in [-0.3, -0.25) is 4.84 Å². The Bertz CT molecular complexity index is 707. The summed E-state index contributed by atoms with van der Waals surface area (Å²) in [7, 11) is 0. The van der Waals surface area contributed by atoms with E-state index in [-0.39, 0.29) is 26.2 Å². The zero-order valence-corrected chi connectivity index (χ0v) is 15.1. The van der Waals surface area contributed by atoms with Gasteiger partial charge in [-0.15, -0.1) is 5.06 Å². The third kappa shape index (κ3) is 6.99. The number of hydrogen-bond acceptors (Lipinski definition) is 6. The van der Waals surface area contributed by atoms with Crippen molar-refractivity contribution < 1.29 is 29.0 Å². The summed E-state index contributed by atoms with van der Waals surface area (Å²) in [5, 5.41) is 9.90. The van der Waals surface area contributed by atoms with E-state index in [0.717, 1.165) is 16.2 Å². The molecule has 2 rings (SSSR count). The minimum atomic E-state index is -1.03. The molecule has 2 aromatic carbocycles. The van der Waals surface area contributed by atoms with Crippen molar-refractivity contribution in [1.29, 1.82) is 0 Å². The molecule has 0 aliphatic rings. The zero-order valence-electron chi connectivity index (χ0n) is 15.1. The molecule has 0 heterocycles. The van der Waals surface area contributed by atoms with Crippen molar-refractivity contribution in [2.75, 3.05) is 6.61 Å². The van der Waals surface area contributed by atoms with Gasteiger partial charge in [0.15, 0.2) is 0 Å². The number of nitrogens with zero attached hydrogens (tertiary/aromatic N) is 1. The predicted molar refractivity (Wildman–Crippen MR) is 97.3 cm³/mol. The molecule has 2 aromatic rings. The van der Waals surface area contributed by atoms with Crippen molar-refractivity contribution in [3.8, 4) is 0 Å². The summed E-state index contributed by atoms with van der Waals surface area (Å²) >= 11 is 0. The highest BCUT2D eigenvalue weighted by Crippen LogP contribution is 2.11. The van der Waals surface area contributed by atoms with E-state index in [9.17, 15) is 9.59 Å². The molecular formula is C20H23NO6. The quantitative estimate of drug-likeness (QED) is 0.589. The first-order valence-electron chi connectivity index (χ1n) is 8.59. The van der Waals surface area contributed by atoms with Gasteiger partial charge in [-0.1, -0.05) is 60.7 Å². The molecule has 1 atom stereocenters. The van der Waals surface area contributed by atoms with E-state index in [1.165, 1.54) is 0 Å². The van der Waals surface area contributed by atoms with Crippen LogP contribution in [0.15, 0.2) is 60.7 Å². The number of aliphatic hydroxyl groups is 1. The Morgan fingerprint density at radius 3 is 1.96 bits per heavy atom. The van der Waals surface area contributed by atoms with Crippen LogP contribution < -0.4 is 0 Å². The van der Waals surface area contributed by atoms with E-state index in [2.05, 4.69) is 0 Å². The predicted octanol–water partition coefficient (Wildman–Crippen LogP) is 3.66. The lowest BCUT2D eigenvalue weighted by atomic mass is 10.2. The molecule has 0 unspecified atom stereocenters. The van der Waals surface area contributed by atoms with Gasteiger partial charge in [0.05, 0.1) is 6.04 Å². The van der Waals surface area contributed by atoms with Gasteiger partial charge < -0.3 is 14.6 Å². The fourth-order valence-corrected chi connectivity index (χ4v) is 2.22. The summed E-state index contributed by atoms with van der Waals surface area (Å²) in [5.41, 5.74) is 1.59. The Morgan fingerprint density at radius 2 is 1.44 bits per heavy atom. The van der Waals surface area contributed by atoms with Gasteiger partial charge in [-0.25, -0.2) is 9.59 Å². The molecule has 0 spiro atoms. The van der Waals surface area contributed by atoms with Crippen LogP contribution in [0.1, 0.15) is 24.5 Å². The molecule has 0 fully saturated rings. The number of hydroxylamine groups is 2. The topological polar surface area (TPSA) is 85.3 Å². The van der Waals surface area contributed by atoms with Crippen molar-refractivity contribution in [3.05, 3.63) is 71.8 Å². The minimum absolute atomic E-state index is 0.0148. The van der Waals surface area contributed by atoms with Crippen LogP contribution in [0.4, 0.5) is 9.59 Å². The summed E-state index contributed by atoms with van der Waals surface area (Å²) in [6.45, 7) is 1.50. The summed E-state index contributed by atoms with van der Waals surface area (Å²) < 4.78 is 10.2. The van der Waals surface area contributed by atoms with E-state index < -0.39 is 18.3 Å². The van der Waals surface area contributed by atoms with Crippen molar-refractivity contribution in [2.24, 2.45) is 0 Å². The van der Waals surface area contributed by atoms with Crippen molar-refractivity contribution in [3.63, 3.8) is 0 Å². The van der Waals surface area contributed by atoms with Gasteiger partial charge in [-0.2, -0.15) is 0 Å². The molecule has 0 aliphatic carbocycles. The van der Waals surface area contributed by atoms with Crippen LogP contribution in [0.25, 0.3) is 0 Å². The highest BCUT2D eigenvalue weighted by molar-refractivity contribution is 5.69. The normalized spacial score (nSPS) is 11.3. The van der Waals surface area contributed by atoms with Gasteiger partial charge in [0.25, 0.3) is 0 Å². The average Bonchev–Trinajstić information content (AvgIpc) is 2.70. The number of rotatable bonds is 7. The van der Waals surface area contributed by atoms with Gasteiger partial charge in [0, 0.05) is 6.61 Å². The molecule has 1 N–H and O–H groups in total. The number of ether oxygens (including phenoxy) is 2. The maximum atomic E-state index is 12.3. The molecule has 0 aromatic heterocycles. The monoisotopic (exact) mass is 373 g/mol. The van der Waals surface area contributed by atoms with Crippen molar-refractivity contribution in [2.45, 2.75) is 32.6 Å². The lowest BCUT2D eigenvalue weighted by Crippen LogP contribution is -2.41. The summed E-state index contributed by atoms with van der Waals surface area (Å²) in [4.78, 5) is 29.3.